The number of nitrogens with two attached hydrogens (primary N) is 1. The number of rotatable bonds is 5. The molecule has 1 aromatic carbocycles. The van der Waals surface area contributed by atoms with Crippen LogP contribution in [0, 0.1) is 0 Å². The summed E-state index contributed by atoms with van der Waals surface area (Å²) < 4.78 is 29.5. The quantitative estimate of drug-likeness (QED) is 0.896. The van der Waals surface area contributed by atoms with E-state index in [0.717, 1.165) is 4.47 Å². The molecule has 2 atom stereocenters. The lowest BCUT2D eigenvalue weighted by Gasteiger charge is -2.21. The van der Waals surface area contributed by atoms with E-state index >= 15 is 0 Å². The minimum Gasteiger partial charge on any atom is -0.494 e. The predicted octanol–water partition coefficient (Wildman–Crippen LogP) is 2.28. The van der Waals surface area contributed by atoms with Crippen molar-refractivity contribution in [1.29, 1.82) is 0 Å². The monoisotopic (exact) mass is 335 g/mol. The lowest BCUT2D eigenvalue weighted by Crippen LogP contribution is -2.30. The zero-order valence-electron chi connectivity index (χ0n) is 10.7. The second-order valence-electron chi connectivity index (χ2n) is 4.18. The highest BCUT2D eigenvalue weighted by Gasteiger charge is 2.26. The summed E-state index contributed by atoms with van der Waals surface area (Å²) in [5, 5.41) is -0.661. The zero-order valence-corrected chi connectivity index (χ0v) is 13.1. The molecule has 18 heavy (non-hydrogen) atoms. The van der Waals surface area contributed by atoms with Crippen molar-refractivity contribution in [2.75, 3.05) is 12.9 Å². The Balaban J connectivity index is 3.18. The average molecular weight is 336 g/mol. The number of halogens is 1. The van der Waals surface area contributed by atoms with Crippen molar-refractivity contribution in [2.45, 2.75) is 25.1 Å². The van der Waals surface area contributed by atoms with Crippen LogP contribution >= 0.6 is 15.9 Å². The molecule has 0 fully saturated rings. The maximum Gasteiger partial charge on any atom is 0.151 e. The van der Waals surface area contributed by atoms with Crippen LogP contribution < -0.4 is 10.5 Å². The molecule has 0 radical (unpaired) electrons. The first kappa shape index (κ1) is 15.5. The summed E-state index contributed by atoms with van der Waals surface area (Å²) in [6.07, 6.45) is 1.19. The van der Waals surface area contributed by atoms with Crippen molar-refractivity contribution in [3.63, 3.8) is 0 Å². The number of sulfone groups is 1. The Hall–Kier alpha value is -0.590. The summed E-state index contributed by atoms with van der Waals surface area (Å²) >= 11 is 3.35. The number of hydrogen-bond donors (Lipinski definition) is 1. The highest BCUT2D eigenvalue weighted by molar-refractivity contribution is 9.10. The first-order valence-corrected chi connectivity index (χ1v) is 8.38. The van der Waals surface area contributed by atoms with Gasteiger partial charge in [-0.25, -0.2) is 8.42 Å². The molecule has 0 saturated heterocycles. The molecule has 0 bridgehead atoms. The molecule has 0 aliphatic rings. The van der Waals surface area contributed by atoms with E-state index in [2.05, 4.69) is 15.9 Å². The van der Waals surface area contributed by atoms with E-state index in [1.165, 1.54) is 6.26 Å². The Morgan fingerprint density at radius 1 is 1.44 bits per heavy atom. The van der Waals surface area contributed by atoms with Crippen LogP contribution in [-0.2, 0) is 9.84 Å². The van der Waals surface area contributed by atoms with E-state index in [9.17, 15) is 8.42 Å². The second-order valence-corrected chi connectivity index (χ2v) is 7.49. The molecule has 0 aliphatic heterocycles. The fourth-order valence-corrected chi connectivity index (χ4v) is 2.64. The minimum atomic E-state index is -3.19. The van der Waals surface area contributed by atoms with Crippen molar-refractivity contribution in [3.8, 4) is 5.75 Å². The molecule has 0 aliphatic carbocycles. The molecule has 0 aromatic heterocycles. The summed E-state index contributed by atoms with van der Waals surface area (Å²) in [6.45, 7) is 3.99. The first-order valence-electron chi connectivity index (χ1n) is 5.64. The van der Waals surface area contributed by atoms with Gasteiger partial charge < -0.3 is 10.5 Å². The van der Waals surface area contributed by atoms with Crippen LogP contribution in [0.5, 0.6) is 5.75 Å². The first-order chi connectivity index (χ1) is 8.27. The maximum atomic E-state index is 11.6. The van der Waals surface area contributed by atoms with Crippen LogP contribution in [0.15, 0.2) is 22.7 Å². The summed E-state index contributed by atoms with van der Waals surface area (Å²) in [4.78, 5) is 0. The summed E-state index contributed by atoms with van der Waals surface area (Å²) in [5.74, 6) is 0.628. The van der Waals surface area contributed by atoms with Gasteiger partial charge in [-0.1, -0.05) is 15.9 Å². The highest BCUT2D eigenvalue weighted by atomic mass is 79.9. The van der Waals surface area contributed by atoms with E-state index in [1.807, 2.05) is 13.0 Å². The van der Waals surface area contributed by atoms with Gasteiger partial charge in [-0.05, 0) is 32.0 Å². The second kappa shape index (κ2) is 6.04. The van der Waals surface area contributed by atoms with Crippen LogP contribution in [0.2, 0.25) is 0 Å². The molecule has 102 valence electrons. The molecule has 0 spiro atoms. The van der Waals surface area contributed by atoms with Gasteiger partial charge in [-0.3, -0.25) is 0 Å². The molecule has 4 nitrogen and oxygen atoms in total. The van der Waals surface area contributed by atoms with E-state index in [0.29, 0.717) is 17.9 Å². The van der Waals surface area contributed by atoms with E-state index in [4.69, 9.17) is 10.5 Å². The maximum absolute atomic E-state index is 11.6. The molecule has 2 N–H and O–H groups in total. The topological polar surface area (TPSA) is 69.4 Å². The van der Waals surface area contributed by atoms with Gasteiger partial charge in [0.15, 0.2) is 9.84 Å². The van der Waals surface area contributed by atoms with Crippen LogP contribution in [0.4, 0.5) is 0 Å². The van der Waals surface area contributed by atoms with Gasteiger partial charge in [-0.15, -0.1) is 0 Å². The van der Waals surface area contributed by atoms with E-state index in [-0.39, 0.29) is 0 Å². The largest absolute Gasteiger partial charge is 0.494 e. The Kier molecular flexibility index (Phi) is 5.19. The molecule has 0 amide bonds. The van der Waals surface area contributed by atoms with Crippen molar-refractivity contribution in [2.24, 2.45) is 5.73 Å². The summed E-state index contributed by atoms with van der Waals surface area (Å²) in [7, 11) is -3.19. The van der Waals surface area contributed by atoms with Crippen LogP contribution in [0.3, 0.4) is 0 Å². The Labute approximate surface area is 117 Å². The molecule has 0 saturated carbocycles. The third-order valence-corrected chi connectivity index (χ3v) is 4.95. The zero-order chi connectivity index (χ0) is 13.9. The standard InChI is InChI=1S/C12H18BrNO3S/c1-4-17-11-6-5-9(13)7-10(11)12(14)8(2)18(3,15)16/h5-8,12H,4,14H2,1-3H3. The van der Waals surface area contributed by atoms with Gasteiger partial charge in [-0.2, -0.15) is 0 Å². The van der Waals surface area contributed by atoms with Gasteiger partial charge in [0.2, 0.25) is 0 Å². The molecular weight excluding hydrogens is 318 g/mol. The molecular formula is C12H18BrNO3S. The number of hydrogen-bond acceptors (Lipinski definition) is 4. The summed E-state index contributed by atoms with van der Waals surface area (Å²) in [5.41, 5.74) is 6.74. The Bertz CT molecular complexity index is 516. The molecule has 2 unspecified atom stereocenters. The molecule has 6 heteroatoms. The molecule has 1 rings (SSSR count). The fourth-order valence-electron chi connectivity index (χ4n) is 1.59. The third-order valence-electron chi connectivity index (χ3n) is 2.81. The molecule has 0 heterocycles. The average Bonchev–Trinajstić information content (AvgIpc) is 2.28. The number of benzene rings is 1. The van der Waals surface area contributed by atoms with Crippen LogP contribution in [0.1, 0.15) is 25.5 Å². The van der Waals surface area contributed by atoms with E-state index in [1.54, 1.807) is 19.1 Å². The fraction of sp³-hybridized carbons (Fsp3) is 0.500. The SMILES string of the molecule is CCOc1ccc(Br)cc1C(N)C(C)S(C)(=O)=O. The van der Waals surface area contributed by atoms with Gasteiger partial charge in [0.25, 0.3) is 0 Å². The van der Waals surface area contributed by atoms with Crippen molar-refractivity contribution in [1.82, 2.24) is 0 Å². The van der Waals surface area contributed by atoms with Crippen molar-refractivity contribution in [3.05, 3.63) is 28.2 Å². The van der Waals surface area contributed by atoms with E-state index < -0.39 is 21.1 Å². The van der Waals surface area contributed by atoms with Gasteiger partial charge >= 0.3 is 0 Å². The minimum absolute atomic E-state index is 0.509. The van der Waals surface area contributed by atoms with Gasteiger partial charge in [0.1, 0.15) is 5.75 Å². The van der Waals surface area contributed by atoms with Crippen molar-refractivity contribution >= 4 is 25.8 Å². The summed E-state index contributed by atoms with van der Waals surface area (Å²) in [6, 6.07) is 4.82. The predicted molar refractivity (Wildman–Crippen MR) is 76.5 cm³/mol. The normalized spacial score (nSPS) is 15.2. The number of ether oxygens (including phenoxy) is 1. The lowest BCUT2D eigenvalue weighted by molar-refractivity contribution is 0.334. The molecule has 1 aromatic rings. The van der Waals surface area contributed by atoms with Gasteiger partial charge in [0, 0.05) is 22.3 Å². The van der Waals surface area contributed by atoms with Gasteiger partial charge in [0.05, 0.1) is 11.9 Å². The van der Waals surface area contributed by atoms with Crippen LogP contribution in [0.25, 0.3) is 0 Å². The Morgan fingerprint density at radius 2 is 2.06 bits per heavy atom. The smallest absolute Gasteiger partial charge is 0.151 e. The lowest BCUT2D eigenvalue weighted by atomic mass is 10.0. The van der Waals surface area contributed by atoms with Crippen LogP contribution in [-0.4, -0.2) is 26.5 Å². The third kappa shape index (κ3) is 3.70. The van der Waals surface area contributed by atoms with Crippen molar-refractivity contribution < 1.29 is 13.2 Å². The Morgan fingerprint density at radius 3 is 2.56 bits per heavy atom. The highest BCUT2D eigenvalue weighted by Crippen LogP contribution is 2.31.